The second-order valence-corrected chi connectivity index (χ2v) is 34.9. The van der Waals surface area contributed by atoms with Crippen LogP contribution in [0.3, 0.4) is 0 Å². The normalized spacial score (nSPS) is 16.9. The maximum atomic E-state index is 15.2. The Morgan fingerprint density at radius 1 is 0.145 bits per heavy atom. The zero-order valence-corrected chi connectivity index (χ0v) is 76.1. The number of carbonyl (C=O) groups is 24. The van der Waals surface area contributed by atoms with Crippen LogP contribution in [0.5, 0.6) is 0 Å². The van der Waals surface area contributed by atoms with Crippen LogP contribution in [0.25, 0.3) is 0 Å². The fraction of sp³-hybridized carbons (Fsp3) is 0.711. The fourth-order valence-electron chi connectivity index (χ4n) is 16.3. The molecule has 0 aromatic rings. The highest BCUT2D eigenvalue weighted by Gasteiger charge is 2.43. The molecule has 740 valence electrons. The first-order valence-corrected chi connectivity index (χ1v) is 43.7. The van der Waals surface area contributed by atoms with Crippen LogP contribution in [0, 0.1) is 142 Å². The molecule has 0 aliphatic heterocycles. The van der Waals surface area contributed by atoms with Crippen molar-refractivity contribution in [2.45, 2.75) is 209 Å². The molecule has 48 heteroatoms. The molecule has 0 aromatic carbocycles. The lowest BCUT2D eigenvalue weighted by Gasteiger charge is -2.29. The molecule has 0 saturated carbocycles. The highest BCUT2D eigenvalue weighted by molar-refractivity contribution is 5.91. The fourth-order valence-corrected chi connectivity index (χ4v) is 16.3. The minimum absolute atomic E-state index is 0.0160. The van der Waals surface area contributed by atoms with Gasteiger partial charge in [-0.1, -0.05) is 55.4 Å². The van der Waals surface area contributed by atoms with Crippen LogP contribution >= 0.6 is 0 Å². The zero-order chi connectivity index (χ0) is 101. The van der Waals surface area contributed by atoms with Crippen molar-refractivity contribution in [2.75, 3.05) is 20.0 Å². The van der Waals surface area contributed by atoms with Gasteiger partial charge in [0.05, 0.1) is 20.0 Å². The highest BCUT2D eigenvalue weighted by Crippen LogP contribution is 2.37. The lowest BCUT2D eigenvalue weighted by molar-refractivity contribution is -0.134. The monoisotopic (exact) mass is 1860 g/mol. The lowest BCUT2D eigenvalue weighted by atomic mass is 9.78. The van der Waals surface area contributed by atoms with Crippen molar-refractivity contribution < 1.29 is 115 Å². The number of carbonyl (C=O) groups excluding carboxylic acids is 24. The van der Waals surface area contributed by atoms with E-state index in [1.807, 2.05) is 0 Å². The van der Waals surface area contributed by atoms with Gasteiger partial charge in [-0.2, -0.15) is 0 Å². The Bertz CT molecular complexity index is 4040. The molecular formula is C83H144N24O24. The molecule has 24 amide bonds. The van der Waals surface area contributed by atoms with Gasteiger partial charge in [0.1, 0.15) is 0 Å². The molecular weight excluding hydrogens is 1720 g/mol. The van der Waals surface area contributed by atoms with E-state index < -0.39 is 407 Å². The Balaban J connectivity index is 8.77. The van der Waals surface area contributed by atoms with Gasteiger partial charge in [-0.25, -0.2) is 0 Å². The average molecular weight is 1860 g/mol. The molecule has 0 aliphatic carbocycles. The van der Waals surface area contributed by atoms with Crippen LogP contribution in [-0.2, 0) is 115 Å². The summed E-state index contributed by atoms with van der Waals surface area (Å²) in [6, 6.07) is 0. The van der Waals surface area contributed by atoms with Crippen molar-refractivity contribution in [1.29, 1.82) is 0 Å². The minimum atomic E-state index is -1.71. The second kappa shape index (κ2) is 58.8. The van der Waals surface area contributed by atoms with E-state index >= 15 is 19.2 Å². The van der Waals surface area contributed by atoms with Gasteiger partial charge < -0.3 is 135 Å². The van der Waals surface area contributed by atoms with Gasteiger partial charge in [-0.05, 0) is 154 Å². The van der Waals surface area contributed by atoms with Crippen LogP contribution < -0.4 is 135 Å². The summed E-state index contributed by atoms with van der Waals surface area (Å²) in [7, 11) is 0. The smallest absolute Gasteiger partial charge is 0.224 e. The molecule has 48 nitrogen and oxygen atoms in total. The first kappa shape index (κ1) is 118. The third kappa shape index (κ3) is 43.5. The van der Waals surface area contributed by atoms with Gasteiger partial charge in [0.2, 0.25) is 142 Å². The second-order valence-electron chi connectivity index (χ2n) is 34.9. The zero-order valence-electron chi connectivity index (χ0n) is 76.1. The number of amides is 24. The Labute approximate surface area is 760 Å². The maximum absolute atomic E-state index is 15.2. The SMILES string of the molecule is CCC(CC(CC(CC(CC(CC(C)C(N)=O)C(N)=O)C(=O)NCNC(=O)C(CC(CC(CC)C(N)=O)C(N)=O)CC(CC(CC(C)C(N)=O)C(N)=O)C(=O)NCNC(=O)C(CC(CC(CC)C(N)=O)C(N)=O)CC(CC(CC(C)C(N)=O)C(N)=O)C(=O)NCNC(=O)C(CC(CC(CC)C(N)=O)C(N)=O)CC(CC(CC(C)C(N)=O)C(N)=O)C(N)=O)C(N)=O)C(N)=O)C(N)=O. The van der Waals surface area contributed by atoms with Crippen molar-refractivity contribution >= 4 is 142 Å². The first-order chi connectivity index (χ1) is 60.8. The number of nitrogens with two attached hydrogens (primary N) is 18. The maximum Gasteiger partial charge on any atom is 0.224 e. The summed E-state index contributed by atoms with van der Waals surface area (Å²) >= 11 is 0. The van der Waals surface area contributed by atoms with Crippen molar-refractivity contribution in [1.82, 2.24) is 31.9 Å². The first-order valence-electron chi connectivity index (χ1n) is 43.7. The van der Waals surface area contributed by atoms with Gasteiger partial charge in [0.25, 0.3) is 0 Å². The van der Waals surface area contributed by atoms with Crippen LogP contribution in [0.15, 0.2) is 0 Å². The van der Waals surface area contributed by atoms with E-state index in [0.29, 0.717) is 0 Å². The Kier molecular flexibility index (Phi) is 53.1. The molecule has 0 spiro atoms. The van der Waals surface area contributed by atoms with Crippen LogP contribution in [0.1, 0.15) is 209 Å². The predicted molar refractivity (Wildman–Crippen MR) is 469 cm³/mol. The number of hydrogen-bond acceptors (Lipinski definition) is 24. The standard InChI is InChI=1S/C83H144N24O24/c1-9-40(64(88)112)17-48(72(96)120)22-53(77(101)125)30-54(23-45(69(93)117)14-37(6)61(85)109)78(126)102-33-106-82(130)58(27-50(74(98)122)19-42(11-3)66(90)114)32-57(25-47(71(95)119)16-39(8)63(87)111)81(129)105-35-107-83(131)59(28-51(75(99)123)20-43(12-4)67(91)115)31-56(24-46(70(94)118)15-38(7)62(86)110)80(128)104-34-103-79(127)55(26-49(73(97)121)18-41(10-2)65(89)113)29-52(76(100)124)21-44(68(92)116)13-36(5)60(84)108/h36-59H,9-35H2,1-8H3,(H2,84,108)(H2,85,109)(H2,86,110)(H2,87,111)(H2,88,112)(H2,89,113)(H2,90,114)(H2,91,115)(H2,92,116)(H2,93,117)(H2,94,118)(H2,95,119)(H2,96,120)(H2,97,121)(H2,98,122)(H2,99,123)(H2,100,124)(H2,101,125)(H,102,126)(H,103,127)(H,104,128)(H,105,129)(H,106,130)(H,107,131). The van der Waals surface area contributed by atoms with E-state index in [-0.39, 0.29) is 51.4 Å². The van der Waals surface area contributed by atoms with Gasteiger partial charge in [-0.3, -0.25) is 115 Å². The Morgan fingerprint density at radius 3 is 0.336 bits per heavy atom. The summed E-state index contributed by atoms with van der Waals surface area (Å²) in [6.45, 7) is 8.94. The summed E-state index contributed by atoms with van der Waals surface area (Å²) in [5.74, 6) is -56.1. The van der Waals surface area contributed by atoms with Crippen molar-refractivity contribution in [3.8, 4) is 0 Å². The molecule has 0 rings (SSSR count). The predicted octanol–water partition coefficient (Wildman–Crippen LogP) is -7.40. The van der Waals surface area contributed by atoms with Crippen LogP contribution in [-0.4, -0.2) is 162 Å². The van der Waals surface area contributed by atoms with Gasteiger partial charge in [0.15, 0.2) is 0 Å². The molecule has 24 unspecified atom stereocenters. The molecule has 0 fully saturated rings. The topological polar surface area (TPSA) is 950 Å². The van der Waals surface area contributed by atoms with Crippen molar-refractivity contribution in [3.05, 3.63) is 0 Å². The Morgan fingerprint density at radius 2 is 0.237 bits per heavy atom. The summed E-state index contributed by atoms with van der Waals surface area (Å²) in [5, 5.41) is 14.8. The third-order valence-electron chi connectivity index (χ3n) is 25.0. The summed E-state index contributed by atoms with van der Waals surface area (Å²) in [5.41, 5.74) is 103. The van der Waals surface area contributed by atoms with E-state index in [1.54, 1.807) is 20.8 Å². The number of hydrogen-bond donors (Lipinski definition) is 24. The van der Waals surface area contributed by atoms with E-state index in [4.69, 9.17) is 103 Å². The number of primary amides is 18. The van der Waals surface area contributed by atoms with Crippen LogP contribution in [0.2, 0.25) is 0 Å². The van der Waals surface area contributed by atoms with E-state index in [9.17, 15) is 95.9 Å². The lowest BCUT2D eigenvalue weighted by Crippen LogP contribution is -2.47. The quantitative estimate of drug-likeness (QED) is 0.0252. The van der Waals surface area contributed by atoms with Crippen molar-refractivity contribution in [2.24, 2.45) is 245 Å². The molecule has 24 atom stereocenters. The summed E-state index contributed by atoms with van der Waals surface area (Å²) in [6.07, 6.45) is -9.77. The van der Waals surface area contributed by atoms with E-state index in [0.717, 1.165) is 0 Å². The third-order valence-corrected chi connectivity index (χ3v) is 25.0. The molecule has 0 bridgehead atoms. The van der Waals surface area contributed by atoms with Gasteiger partial charge in [0, 0.05) is 142 Å². The molecule has 0 aliphatic rings. The van der Waals surface area contributed by atoms with Gasteiger partial charge in [-0.15, -0.1) is 0 Å². The molecule has 131 heavy (non-hydrogen) atoms. The minimum Gasteiger partial charge on any atom is -0.369 e. The van der Waals surface area contributed by atoms with Crippen LogP contribution in [0.4, 0.5) is 0 Å². The molecule has 0 radical (unpaired) electrons. The largest absolute Gasteiger partial charge is 0.369 e. The molecule has 42 N–H and O–H groups in total. The molecule has 0 saturated heterocycles. The molecule has 0 heterocycles. The van der Waals surface area contributed by atoms with E-state index in [2.05, 4.69) is 31.9 Å². The summed E-state index contributed by atoms with van der Waals surface area (Å²) < 4.78 is 0. The van der Waals surface area contributed by atoms with E-state index in [1.165, 1.54) is 34.6 Å². The Hall–Kier alpha value is -12.7. The summed E-state index contributed by atoms with van der Waals surface area (Å²) in [4.78, 5) is 322. The molecule has 0 aromatic heterocycles. The van der Waals surface area contributed by atoms with Crippen molar-refractivity contribution in [3.63, 3.8) is 0 Å². The highest BCUT2D eigenvalue weighted by atomic mass is 16.2. The average Bonchev–Trinajstić information content (AvgIpc) is 0.852. The van der Waals surface area contributed by atoms with Gasteiger partial charge >= 0.3 is 0 Å². The number of nitrogens with one attached hydrogen (secondary N) is 6. The number of rotatable bonds is 74.